The zero-order chi connectivity index (χ0) is 17.3. The van der Waals surface area contributed by atoms with Gasteiger partial charge in [0.2, 0.25) is 5.76 Å². The van der Waals surface area contributed by atoms with Crippen molar-refractivity contribution in [1.29, 1.82) is 5.41 Å². The summed E-state index contributed by atoms with van der Waals surface area (Å²) in [5, 5.41) is 16.8. The van der Waals surface area contributed by atoms with Crippen LogP contribution < -0.4 is 0 Å². The Labute approximate surface area is 127 Å². The minimum absolute atomic E-state index is 0.101. The Bertz CT molecular complexity index is 620. The fourth-order valence-electron chi connectivity index (χ4n) is 1.77. The first-order valence-corrected chi connectivity index (χ1v) is 6.57. The molecule has 6 heteroatoms. The second-order valence-corrected chi connectivity index (χ2v) is 6.00. The van der Waals surface area contributed by atoms with Gasteiger partial charge in [-0.15, -0.1) is 0 Å². The van der Waals surface area contributed by atoms with Gasteiger partial charge in [0, 0.05) is 16.6 Å². The molecule has 0 saturated carbocycles. The predicted octanol–water partition coefficient (Wildman–Crippen LogP) is 4.68. The number of ketones is 1. The highest BCUT2D eigenvalue weighted by atomic mass is 19.4. The molecule has 0 spiro atoms. The van der Waals surface area contributed by atoms with E-state index in [0.29, 0.717) is 5.56 Å². The van der Waals surface area contributed by atoms with Gasteiger partial charge in [-0.05, 0) is 12.5 Å². The number of allylic oxidation sites excluding steroid dienone is 2. The lowest BCUT2D eigenvalue weighted by molar-refractivity contribution is -0.121. The molecule has 0 heterocycles. The molecule has 0 aliphatic rings. The topological polar surface area (TPSA) is 61.2 Å². The third-order valence-corrected chi connectivity index (χ3v) is 3.12. The third kappa shape index (κ3) is 3.96. The number of Topliss-reactive ketones (excluding diaryl/α,β-unsaturated/α-hetero) is 1. The Morgan fingerprint density at radius 2 is 1.45 bits per heavy atom. The molecule has 0 aliphatic carbocycles. The number of hydrogen-bond acceptors (Lipinski definition) is 3. The van der Waals surface area contributed by atoms with Crippen LogP contribution in [-0.2, 0) is 0 Å². The maximum Gasteiger partial charge on any atom is 0.449 e. The minimum atomic E-state index is -4.89. The normalized spacial score (nSPS) is 13.6. The summed E-state index contributed by atoms with van der Waals surface area (Å²) < 4.78 is 37.3. The molecule has 3 nitrogen and oxygen atoms in total. The smallest absolute Gasteiger partial charge is 0.449 e. The number of alkyl halides is 3. The highest BCUT2D eigenvalue weighted by molar-refractivity contribution is 6.11. The van der Waals surface area contributed by atoms with Gasteiger partial charge in [0.1, 0.15) is 0 Å². The highest BCUT2D eigenvalue weighted by Gasteiger charge is 2.36. The van der Waals surface area contributed by atoms with Crippen LogP contribution in [0.4, 0.5) is 13.2 Å². The van der Waals surface area contributed by atoms with Crippen molar-refractivity contribution in [3.63, 3.8) is 0 Å². The number of carbonyl (C=O) groups is 1. The standard InChI is InChI=1S/C16H18F3NO2/c1-9(13(21)16(17,18)19)12(20)10-5-7-11(8-6-10)14(22)15(2,3)4/h5-8,20-21H,1-4H3/b13-9-,20-12?. The average Bonchev–Trinajstić information content (AvgIpc) is 2.42. The molecule has 22 heavy (non-hydrogen) atoms. The second kappa shape index (κ2) is 5.94. The maximum absolute atomic E-state index is 12.4. The monoisotopic (exact) mass is 313 g/mol. The van der Waals surface area contributed by atoms with Gasteiger partial charge in [-0.1, -0.05) is 45.0 Å². The largest absolute Gasteiger partial charge is 0.504 e. The molecule has 1 aromatic carbocycles. The number of rotatable bonds is 3. The van der Waals surface area contributed by atoms with Crippen LogP contribution in [0.15, 0.2) is 35.6 Å². The Morgan fingerprint density at radius 1 is 1.05 bits per heavy atom. The molecular formula is C16H18F3NO2. The Hall–Kier alpha value is -2.11. The van der Waals surface area contributed by atoms with E-state index in [1.54, 1.807) is 20.8 Å². The highest BCUT2D eigenvalue weighted by Crippen LogP contribution is 2.27. The van der Waals surface area contributed by atoms with Gasteiger partial charge in [0.15, 0.2) is 5.78 Å². The van der Waals surface area contributed by atoms with Gasteiger partial charge >= 0.3 is 6.18 Å². The molecule has 0 atom stereocenters. The molecule has 0 saturated heterocycles. The van der Waals surface area contributed by atoms with Crippen molar-refractivity contribution in [3.05, 3.63) is 46.7 Å². The van der Waals surface area contributed by atoms with Crippen LogP contribution in [-0.4, -0.2) is 22.8 Å². The van der Waals surface area contributed by atoms with Crippen molar-refractivity contribution in [3.8, 4) is 0 Å². The van der Waals surface area contributed by atoms with Crippen LogP contribution >= 0.6 is 0 Å². The Morgan fingerprint density at radius 3 is 1.82 bits per heavy atom. The average molecular weight is 313 g/mol. The number of aliphatic hydroxyl groups is 1. The first kappa shape index (κ1) is 17.9. The lowest BCUT2D eigenvalue weighted by atomic mass is 9.86. The SMILES string of the molecule is C/C(C(=N)c1ccc(C(=O)C(C)(C)C)cc1)=C(/O)C(F)(F)F. The van der Waals surface area contributed by atoms with Crippen LogP contribution in [0.2, 0.25) is 0 Å². The van der Waals surface area contributed by atoms with Gasteiger partial charge in [0.05, 0.1) is 5.71 Å². The zero-order valence-electron chi connectivity index (χ0n) is 12.8. The van der Waals surface area contributed by atoms with Gasteiger partial charge in [-0.25, -0.2) is 0 Å². The fourth-order valence-corrected chi connectivity index (χ4v) is 1.77. The Balaban J connectivity index is 3.11. The van der Waals surface area contributed by atoms with Crippen molar-refractivity contribution in [2.75, 3.05) is 0 Å². The molecule has 120 valence electrons. The predicted molar refractivity (Wildman–Crippen MR) is 78.4 cm³/mol. The fraction of sp³-hybridized carbons (Fsp3) is 0.375. The summed E-state index contributed by atoms with van der Waals surface area (Å²) in [6.45, 7) is 6.32. The van der Waals surface area contributed by atoms with E-state index < -0.39 is 28.6 Å². The van der Waals surface area contributed by atoms with Gasteiger partial charge < -0.3 is 5.11 Å². The van der Waals surface area contributed by atoms with Crippen LogP contribution in [0.1, 0.15) is 43.6 Å². The number of benzene rings is 1. The summed E-state index contributed by atoms with van der Waals surface area (Å²) in [6, 6.07) is 5.73. The quantitative estimate of drug-likeness (QED) is 0.483. The van der Waals surface area contributed by atoms with E-state index in [0.717, 1.165) is 6.92 Å². The summed E-state index contributed by atoms with van der Waals surface area (Å²) in [7, 11) is 0. The van der Waals surface area contributed by atoms with E-state index in [4.69, 9.17) is 10.5 Å². The lowest BCUT2D eigenvalue weighted by Gasteiger charge is -2.17. The van der Waals surface area contributed by atoms with E-state index in [-0.39, 0.29) is 11.3 Å². The lowest BCUT2D eigenvalue weighted by Crippen LogP contribution is -2.20. The van der Waals surface area contributed by atoms with Crippen LogP contribution in [0.25, 0.3) is 0 Å². The molecule has 0 aromatic heterocycles. The summed E-state index contributed by atoms with van der Waals surface area (Å²) in [4.78, 5) is 12.1. The molecule has 1 aromatic rings. The van der Waals surface area contributed by atoms with Crippen molar-refractivity contribution in [2.45, 2.75) is 33.9 Å². The van der Waals surface area contributed by atoms with E-state index in [1.165, 1.54) is 24.3 Å². The molecule has 1 rings (SSSR count). The van der Waals surface area contributed by atoms with Crippen molar-refractivity contribution >= 4 is 11.5 Å². The second-order valence-electron chi connectivity index (χ2n) is 6.00. The summed E-state index contributed by atoms with van der Waals surface area (Å²) >= 11 is 0. The molecule has 0 amide bonds. The molecule has 0 aliphatic heterocycles. The van der Waals surface area contributed by atoms with Gasteiger partial charge in [-0.2, -0.15) is 13.2 Å². The molecule has 0 bridgehead atoms. The first-order chi connectivity index (χ1) is 9.85. The number of hydrogen-bond donors (Lipinski definition) is 2. The van der Waals surface area contributed by atoms with E-state index in [2.05, 4.69) is 0 Å². The molecule has 0 fully saturated rings. The molecule has 0 unspecified atom stereocenters. The Kier molecular flexibility index (Phi) is 4.85. The molecule has 0 radical (unpaired) electrons. The minimum Gasteiger partial charge on any atom is -0.504 e. The first-order valence-electron chi connectivity index (χ1n) is 6.57. The van der Waals surface area contributed by atoms with Crippen LogP contribution in [0, 0.1) is 10.8 Å². The number of carbonyl (C=O) groups excluding carboxylic acids is 1. The molecule has 2 N–H and O–H groups in total. The summed E-state index contributed by atoms with van der Waals surface area (Å²) in [5.41, 5.74) is -0.962. The van der Waals surface area contributed by atoms with E-state index >= 15 is 0 Å². The van der Waals surface area contributed by atoms with Crippen LogP contribution in [0.3, 0.4) is 0 Å². The number of nitrogens with one attached hydrogen (secondary N) is 1. The summed E-state index contributed by atoms with van der Waals surface area (Å²) in [5.74, 6) is -1.89. The summed E-state index contributed by atoms with van der Waals surface area (Å²) in [6.07, 6.45) is -4.89. The van der Waals surface area contributed by atoms with Crippen molar-refractivity contribution < 1.29 is 23.1 Å². The third-order valence-electron chi connectivity index (χ3n) is 3.12. The number of aliphatic hydroxyl groups excluding tert-OH is 1. The van der Waals surface area contributed by atoms with E-state index in [1.807, 2.05) is 0 Å². The van der Waals surface area contributed by atoms with Gasteiger partial charge in [-0.3, -0.25) is 10.2 Å². The number of halogens is 3. The van der Waals surface area contributed by atoms with E-state index in [9.17, 15) is 18.0 Å². The van der Waals surface area contributed by atoms with Crippen LogP contribution in [0.5, 0.6) is 0 Å². The van der Waals surface area contributed by atoms with Crippen molar-refractivity contribution in [2.24, 2.45) is 5.41 Å². The maximum atomic E-state index is 12.4. The zero-order valence-corrected chi connectivity index (χ0v) is 12.8. The van der Waals surface area contributed by atoms with Gasteiger partial charge in [0.25, 0.3) is 0 Å². The van der Waals surface area contributed by atoms with Crippen molar-refractivity contribution in [1.82, 2.24) is 0 Å². The molecular weight excluding hydrogens is 295 g/mol.